The monoisotopic (exact) mass is 467 g/mol. The zero-order valence-corrected chi connectivity index (χ0v) is 19.8. The molecule has 4 aromatic rings. The molecule has 178 valence electrons. The number of H-pyrrole nitrogens is 1. The number of rotatable bonds is 8. The molecule has 35 heavy (non-hydrogen) atoms. The van der Waals surface area contributed by atoms with Gasteiger partial charge in [-0.25, -0.2) is 0 Å². The normalized spacial score (nSPS) is 13.4. The Labute approximate surface area is 204 Å². The smallest absolute Gasteiger partial charge is 0.227 e. The van der Waals surface area contributed by atoms with Gasteiger partial charge in [-0.3, -0.25) is 9.59 Å². The zero-order chi connectivity index (χ0) is 24.2. The molecule has 2 amide bonds. The lowest BCUT2D eigenvalue weighted by atomic mass is 10.0. The molecule has 1 saturated heterocycles. The molecule has 0 saturated carbocycles. The minimum Gasteiger partial charge on any atom is -0.497 e. The van der Waals surface area contributed by atoms with Gasteiger partial charge in [0, 0.05) is 48.2 Å². The highest BCUT2D eigenvalue weighted by Gasteiger charge is 2.21. The third-order valence-electron chi connectivity index (χ3n) is 6.61. The van der Waals surface area contributed by atoms with Gasteiger partial charge < -0.3 is 19.9 Å². The van der Waals surface area contributed by atoms with Crippen LogP contribution in [0.25, 0.3) is 22.2 Å². The van der Waals surface area contributed by atoms with Crippen molar-refractivity contribution in [2.75, 3.05) is 18.6 Å². The summed E-state index contributed by atoms with van der Waals surface area (Å²) in [4.78, 5) is 30.0. The van der Waals surface area contributed by atoms with Gasteiger partial charge in [0.15, 0.2) is 0 Å². The van der Waals surface area contributed by atoms with Gasteiger partial charge in [-0.2, -0.15) is 0 Å². The van der Waals surface area contributed by atoms with Crippen LogP contribution in [0.2, 0.25) is 0 Å². The maximum Gasteiger partial charge on any atom is 0.227 e. The number of benzene rings is 3. The summed E-state index contributed by atoms with van der Waals surface area (Å²) in [5.74, 6) is 0.998. The van der Waals surface area contributed by atoms with Crippen LogP contribution >= 0.6 is 0 Å². The van der Waals surface area contributed by atoms with Crippen molar-refractivity contribution >= 4 is 28.4 Å². The fraction of sp³-hybridized carbons (Fsp3) is 0.241. The first-order valence-electron chi connectivity index (χ1n) is 12.0. The topological polar surface area (TPSA) is 74.4 Å². The van der Waals surface area contributed by atoms with Crippen LogP contribution in [-0.4, -0.2) is 30.5 Å². The molecule has 0 bridgehead atoms. The molecular weight excluding hydrogens is 438 g/mol. The van der Waals surface area contributed by atoms with Crippen LogP contribution in [0.3, 0.4) is 0 Å². The first kappa shape index (κ1) is 22.7. The van der Waals surface area contributed by atoms with E-state index in [-0.39, 0.29) is 11.8 Å². The highest BCUT2D eigenvalue weighted by Crippen LogP contribution is 2.32. The Morgan fingerprint density at radius 1 is 1.03 bits per heavy atom. The van der Waals surface area contributed by atoms with Gasteiger partial charge in [0.25, 0.3) is 0 Å². The SMILES string of the molecule is COc1ccc(-c2[nH]c3ccccc3c2CCC(=O)NCc2ccc(N3CCCC3=O)cc2)cc1. The summed E-state index contributed by atoms with van der Waals surface area (Å²) in [6, 6.07) is 24.0. The molecule has 0 atom stereocenters. The average molecular weight is 468 g/mol. The van der Waals surface area contributed by atoms with Crippen LogP contribution in [0.4, 0.5) is 5.69 Å². The van der Waals surface area contributed by atoms with E-state index < -0.39 is 0 Å². The Hall–Kier alpha value is -4.06. The van der Waals surface area contributed by atoms with Crippen LogP contribution in [0.1, 0.15) is 30.4 Å². The van der Waals surface area contributed by atoms with Crippen LogP contribution in [0.15, 0.2) is 72.8 Å². The van der Waals surface area contributed by atoms with Crippen LogP contribution in [0.5, 0.6) is 5.75 Å². The largest absolute Gasteiger partial charge is 0.497 e. The number of fused-ring (bicyclic) bond motifs is 1. The van der Waals surface area contributed by atoms with E-state index >= 15 is 0 Å². The van der Waals surface area contributed by atoms with Crippen molar-refractivity contribution in [1.29, 1.82) is 0 Å². The fourth-order valence-corrected chi connectivity index (χ4v) is 4.71. The van der Waals surface area contributed by atoms with Crippen molar-refractivity contribution in [2.24, 2.45) is 0 Å². The molecule has 3 aromatic carbocycles. The number of aromatic amines is 1. The number of carbonyl (C=O) groups excluding carboxylic acids is 2. The Morgan fingerprint density at radius 3 is 2.51 bits per heavy atom. The number of amides is 2. The second kappa shape index (κ2) is 10.1. The summed E-state index contributed by atoms with van der Waals surface area (Å²) in [5, 5.41) is 4.17. The van der Waals surface area contributed by atoms with E-state index in [2.05, 4.69) is 22.4 Å². The molecular formula is C29H29N3O3. The summed E-state index contributed by atoms with van der Waals surface area (Å²) in [6.07, 6.45) is 2.56. The number of hydrogen-bond donors (Lipinski definition) is 2. The highest BCUT2D eigenvalue weighted by molar-refractivity contribution is 5.95. The number of para-hydroxylation sites is 1. The number of anilines is 1. The lowest BCUT2D eigenvalue weighted by Gasteiger charge is -2.16. The van der Waals surface area contributed by atoms with Gasteiger partial charge in [-0.05, 0) is 72.0 Å². The molecule has 1 aliphatic heterocycles. The first-order chi connectivity index (χ1) is 17.1. The van der Waals surface area contributed by atoms with Crippen molar-refractivity contribution in [1.82, 2.24) is 10.3 Å². The quantitative estimate of drug-likeness (QED) is 0.373. The van der Waals surface area contributed by atoms with Gasteiger partial charge in [-0.15, -0.1) is 0 Å². The van der Waals surface area contributed by atoms with E-state index in [9.17, 15) is 9.59 Å². The number of nitrogens with zero attached hydrogens (tertiary/aromatic N) is 1. The number of ether oxygens (including phenoxy) is 1. The Morgan fingerprint density at radius 2 is 1.80 bits per heavy atom. The molecule has 1 fully saturated rings. The van der Waals surface area contributed by atoms with E-state index in [0.29, 0.717) is 25.8 Å². The molecule has 2 N–H and O–H groups in total. The third-order valence-corrected chi connectivity index (χ3v) is 6.61. The van der Waals surface area contributed by atoms with E-state index in [1.54, 1.807) is 7.11 Å². The molecule has 1 aliphatic rings. The molecule has 0 unspecified atom stereocenters. The summed E-state index contributed by atoms with van der Waals surface area (Å²) in [5.41, 5.74) is 6.24. The van der Waals surface area contributed by atoms with Crippen LogP contribution in [-0.2, 0) is 22.6 Å². The van der Waals surface area contributed by atoms with Gasteiger partial charge >= 0.3 is 0 Å². The minimum atomic E-state index is 0.00904. The zero-order valence-electron chi connectivity index (χ0n) is 19.8. The van der Waals surface area contributed by atoms with Crippen LogP contribution in [0, 0.1) is 0 Å². The molecule has 1 aromatic heterocycles. The summed E-state index contributed by atoms with van der Waals surface area (Å²) >= 11 is 0. The highest BCUT2D eigenvalue weighted by atomic mass is 16.5. The van der Waals surface area contributed by atoms with E-state index in [1.807, 2.05) is 65.6 Å². The number of aromatic nitrogens is 1. The number of nitrogens with one attached hydrogen (secondary N) is 2. The second-order valence-electron chi connectivity index (χ2n) is 8.84. The number of methoxy groups -OCH3 is 1. The molecule has 5 rings (SSSR count). The molecule has 0 radical (unpaired) electrons. The summed E-state index contributed by atoms with van der Waals surface area (Å²) in [6.45, 7) is 1.24. The second-order valence-corrected chi connectivity index (χ2v) is 8.84. The number of aryl methyl sites for hydroxylation is 1. The number of carbonyl (C=O) groups is 2. The molecule has 2 heterocycles. The fourth-order valence-electron chi connectivity index (χ4n) is 4.71. The van der Waals surface area contributed by atoms with E-state index in [4.69, 9.17) is 4.74 Å². The Bertz CT molecular complexity index is 1340. The first-order valence-corrected chi connectivity index (χ1v) is 12.0. The lowest BCUT2D eigenvalue weighted by Crippen LogP contribution is -2.24. The number of hydrogen-bond acceptors (Lipinski definition) is 3. The standard InChI is InChI=1S/C29H29N3O3/c1-35-23-14-10-21(11-15-23)29-25(24-5-2-3-6-26(24)31-29)16-17-27(33)30-19-20-8-12-22(13-9-20)32-18-4-7-28(32)34/h2-3,5-6,8-15,31H,4,7,16-19H2,1H3,(H,30,33). The van der Waals surface area contributed by atoms with Crippen molar-refractivity contribution < 1.29 is 14.3 Å². The molecule has 6 nitrogen and oxygen atoms in total. The molecule has 0 aliphatic carbocycles. The van der Waals surface area contributed by atoms with Crippen molar-refractivity contribution in [2.45, 2.75) is 32.2 Å². The van der Waals surface area contributed by atoms with Gasteiger partial charge in [-0.1, -0.05) is 30.3 Å². The Kier molecular flexibility index (Phi) is 6.53. The molecule has 6 heteroatoms. The van der Waals surface area contributed by atoms with Crippen molar-refractivity contribution in [3.63, 3.8) is 0 Å². The molecule has 0 spiro atoms. The van der Waals surface area contributed by atoms with Crippen molar-refractivity contribution in [3.8, 4) is 17.0 Å². The third kappa shape index (κ3) is 4.92. The summed E-state index contributed by atoms with van der Waals surface area (Å²) in [7, 11) is 1.66. The van der Waals surface area contributed by atoms with Gasteiger partial charge in [0.2, 0.25) is 11.8 Å². The van der Waals surface area contributed by atoms with E-state index in [0.717, 1.165) is 57.7 Å². The average Bonchev–Trinajstić information content (AvgIpc) is 3.50. The maximum absolute atomic E-state index is 12.7. The van der Waals surface area contributed by atoms with Crippen molar-refractivity contribution in [3.05, 3.63) is 83.9 Å². The lowest BCUT2D eigenvalue weighted by molar-refractivity contribution is -0.121. The Balaban J connectivity index is 1.24. The maximum atomic E-state index is 12.7. The predicted molar refractivity (Wildman–Crippen MR) is 138 cm³/mol. The van der Waals surface area contributed by atoms with Gasteiger partial charge in [0.1, 0.15) is 5.75 Å². The van der Waals surface area contributed by atoms with Gasteiger partial charge in [0.05, 0.1) is 7.11 Å². The summed E-state index contributed by atoms with van der Waals surface area (Å²) < 4.78 is 5.29. The van der Waals surface area contributed by atoms with E-state index in [1.165, 1.54) is 0 Å². The van der Waals surface area contributed by atoms with Crippen LogP contribution < -0.4 is 15.0 Å². The predicted octanol–water partition coefficient (Wildman–Crippen LogP) is 5.22. The minimum absolute atomic E-state index is 0.00904.